The highest BCUT2D eigenvalue weighted by Crippen LogP contribution is 2.18. The van der Waals surface area contributed by atoms with Crippen molar-refractivity contribution in [2.75, 3.05) is 7.05 Å². The van der Waals surface area contributed by atoms with Gasteiger partial charge in [-0.15, -0.1) is 0 Å². The number of hydrogen-bond acceptors (Lipinski definition) is 3. The van der Waals surface area contributed by atoms with Crippen molar-refractivity contribution in [2.45, 2.75) is 37.5 Å². The second-order valence-electron chi connectivity index (χ2n) is 6.18. The summed E-state index contributed by atoms with van der Waals surface area (Å²) < 4.78 is 2.01. The zero-order chi connectivity index (χ0) is 16.7. The predicted octanol–water partition coefficient (Wildman–Crippen LogP) is 2.64. The number of likely N-dealkylation sites (N-methyl/N-ethyl adjacent to an activating group) is 1. The first-order chi connectivity index (χ1) is 11.1. The van der Waals surface area contributed by atoms with Crippen molar-refractivity contribution in [3.05, 3.63) is 71.8 Å². The third-order valence-electron chi connectivity index (χ3n) is 4.14. The molecule has 0 heterocycles. The topological polar surface area (TPSA) is 49.5 Å². The van der Waals surface area contributed by atoms with Crippen LogP contribution in [0.4, 0.5) is 0 Å². The summed E-state index contributed by atoms with van der Waals surface area (Å²) in [5, 5.41) is 10.7. The molecule has 3 nitrogen and oxygen atoms in total. The average molecular weight is 330 g/mol. The lowest BCUT2D eigenvalue weighted by molar-refractivity contribution is 0.0874. The molecule has 0 spiro atoms. The summed E-state index contributed by atoms with van der Waals surface area (Å²) in [5.41, 5.74) is 8.69. The van der Waals surface area contributed by atoms with Gasteiger partial charge >= 0.3 is 0 Å². The molecule has 0 aromatic heterocycles. The fraction of sp³-hybridized carbons (Fsp3) is 0.368. The molecule has 23 heavy (non-hydrogen) atoms. The highest BCUT2D eigenvalue weighted by atomic mass is 31.0. The van der Waals surface area contributed by atoms with E-state index in [0.717, 1.165) is 12.8 Å². The molecule has 0 aliphatic rings. The molecule has 2 aromatic rings. The van der Waals surface area contributed by atoms with Crippen LogP contribution >= 0.6 is 9.39 Å². The van der Waals surface area contributed by atoms with E-state index in [1.165, 1.54) is 11.1 Å². The lowest BCUT2D eigenvalue weighted by Crippen LogP contribution is -2.41. The van der Waals surface area contributed by atoms with Crippen molar-refractivity contribution in [1.29, 1.82) is 0 Å². The molecule has 0 radical (unpaired) electrons. The second-order valence-corrected chi connectivity index (χ2v) is 6.99. The van der Waals surface area contributed by atoms with Crippen LogP contribution in [0.5, 0.6) is 0 Å². The molecular weight excluding hydrogens is 303 g/mol. The molecule has 0 fully saturated rings. The minimum Gasteiger partial charge on any atom is -0.391 e. The van der Waals surface area contributed by atoms with Crippen LogP contribution in [-0.4, -0.2) is 35.0 Å². The summed E-state index contributed by atoms with van der Waals surface area (Å²) >= 11 is 0. The van der Waals surface area contributed by atoms with Gasteiger partial charge in [-0.25, -0.2) is 0 Å². The third-order valence-corrected chi connectivity index (χ3v) is 4.52. The van der Waals surface area contributed by atoms with Crippen LogP contribution in [0, 0.1) is 0 Å². The van der Waals surface area contributed by atoms with Crippen molar-refractivity contribution >= 4 is 9.39 Å². The van der Waals surface area contributed by atoms with E-state index in [0.29, 0.717) is 6.42 Å². The van der Waals surface area contributed by atoms with Crippen molar-refractivity contribution in [2.24, 2.45) is 5.73 Å². The minimum absolute atomic E-state index is 0.0317. The van der Waals surface area contributed by atoms with E-state index in [1.54, 1.807) is 0 Å². The SMILES string of the molecule is CN(P)C(Cc1ccccc1)C(O)CC(N)Cc1ccccc1. The molecule has 4 unspecified atom stereocenters. The maximum atomic E-state index is 10.7. The molecule has 2 aromatic carbocycles. The van der Waals surface area contributed by atoms with E-state index in [1.807, 2.05) is 48.1 Å². The Kier molecular flexibility index (Phi) is 7.19. The Hall–Kier alpha value is -1.25. The third kappa shape index (κ3) is 6.04. The maximum Gasteiger partial charge on any atom is 0.0716 e. The van der Waals surface area contributed by atoms with E-state index in [-0.39, 0.29) is 12.1 Å². The summed E-state index contributed by atoms with van der Waals surface area (Å²) in [5.74, 6) is 0. The summed E-state index contributed by atoms with van der Waals surface area (Å²) in [6, 6.07) is 20.4. The van der Waals surface area contributed by atoms with Gasteiger partial charge < -0.3 is 10.8 Å². The molecule has 2 rings (SSSR count). The standard InChI is InChI=1S/C19H27N2OP/c1-21(23)18(13-16-10-6-3-7-11-16)19(22)14-17(20)12-15-8-4-2-5-9-15/h2-11,17-19,22H,12-14,20,23H2,1H3. The van der Waals surface area contributed by atoms with Gasteiger partial charge in [-0.1, -0.05) is 70.1 Å². The Morgan fingerprint density at radius 2 is 1.43 bits per heavy atom. The summed E-state index contributed by atoms with van der Waals surface area (Å²) in [6.45, 7) is 0. The summed E-state index contributed by atoms with van der Waals surface area (Å²) in [4.78, 5) is 0. The van der Waals surface area contributed by atoms with Crippen LogP contribution in [0.25, 0.3) is 0 Å². The normalized spacial score (nSPS) is 15.3. The number of aliphatic hydroxyl groups excluding tert-OH is 1. The van der Waals surface area contributed by atoms with Gasteiger partial charge in [0, 0.05) is 12.1 Å². The van der Waals surface area contributed by atoms with Gasteiger partial charge in [-0.2, -0.15) is 0 Å². The monoisotopic (exact) mass is 330 g/mol. The number of nitrogens with zero attached hydrogens (tertiary/aromatic N) is 1. The van der Waals surface area contributed by atoms with E-state index in [4.69, 9.17) is 5.73 Å². The molecule has 3 N–H and O–H groups in total. The Morgan fingerprint density at radius 1 is 0.957 bits per heavy atom. The molecule has 0 saturated heterocycles. The van der Waals surface area contributed by atoms with Crippen LogP contribution in [0.1, 0.15) is 17.5 Å². The van der Waals surface area contributed by atoms with Crippen molar-refractivity contribution in [3.63, 3.8) is 0 Å². The van der Waals surface area contributed by atoms with Crippen LogP contribution in [0.2, 0.25) is 0 Å². The Balaban J connectivity index is 1.93. The molecule has 0 aliphatic carbocycles. The number of benzene rings is 2. The average Bonchev–Trinajstić information content (AvgIpc) is 2.54. The van der Waals surface area contributed by atoms with Crippen LogP contribution in [-0.2, 0) is 12.8 Å². The molecular formula is C19H27N2OP. The van der Waals surface area contributed by atoms with Gasteiger partial charge in [-0.3, -0.25) is 4.67 Å². The first kappa shape index (κ1) is 18.1. The molecule has 124 valence electrons. The smallest absolute Gasteiger partial charge is 0.0716 e. The molecule has 4 heteroatoms. The highest BCUT2D eigenvalue weighted by molar-refractivity contribution is 7.13. The zero-order valence-corrected chi connectivity index (χ0v) is 14.8. The van der Waals surface area contributed by atoms with Crippen LogP contribution in [0.15, 0.2) is 60.7 Å². The number of hydrogen-bond donors (Lipinski definition) is 2. The van der Waals surface area contributed by atoms with E-state index in [9.17, 15) is 5.11 Å². The zero-order valence-electron chi connectivity index (χ0n) is 13.7. The van der Waals surface area contributed by atoms with Gasteiger partial charge in [0.1, 0.15) is 0 Å². The summed E-state index contributed by atoms with van der Waals surface area (Å²) in [7, 11) is 4.65. The molecule has 4 atom stereocenters. The number of aliphatic hydroxyl groups is 1. The van der Waals surface area contributed by atoms with Gasteiger partial charge in [0.2, 0.25) is 0 Å². The summed E-state index contributed by atoms with van der Waals surface area (Å²) in [6.07, 6.45) is 1.72. The van der Waals surface area contributed by atoms with E-state index in [2.05, 4.69) is 33.7 Å². The van der Waals surface area contributed by atoms with Crippen molar-refractivity contribution in [1.82, 2.24) is 4.67 Å². The lowest BCUT2D eigenvalue weighted by atomic mass is 9.94. The minimum atomic E-state index is -0.462. The van der Waals surface area contributed by atoms with Crippen LogP contribution in [0.3, 0.4) is 0 Å². The van der Waals surface area contributed by atoms with Gasteiger partial charge in [0.25, 0.3) is 0 Å². The van der Waals surface area contributed by atoms with Crippen molar-refractivity contribution < 1.29 is 5.11 Å². The quantitative estimate of drug-likeness (QED) is 0.732. The first-order valence-electron chi connectivity index (χ1n) is 8.05. The molecule has 0 amide bonds. The highest BCUT2D eigenvalue weighted by Gasteiger charge is 2.24. The second kappa shape index (κ2) is 9.14. The van der Waals surface area contributed by atoms with E-state index < -0.39 is 6.10 Å². The Bertz CT molecular complexity index is 562. The predicted molar refractivity (Wildman–Crippen MR) is 100 cm³/mol. The Morgan fingerprint density at radius 3 is 1.91 bits per heavy atom. The number of nitrogens with two attached hydrogens (primary N) is 1. The number of rotatable bonds is 8. The largest absolute Gasteiger partial charge is 0.391 e. The lowest BCUT2D eigenvalue weighted by Gasteiger charge is -2.30. The van der Waals surface area contributed by atoms with Crippen LogP contribution < -0.4 is 5.73 Å². The Labute approximate surface area is 141 Å². The van der Waals surface area contributed by atoms with Crippen molar-refractivity contribution in [3.8, 4) is 0 Å². The van der Waals surface area contributed by atoms with Gasteiger partial charge in [0.15, 0.2) is 0 Å². The fourth-order valence-corrected chi connectivity index (χ4v) is 3.18. The first-order valence-corrected chi connectivity index (χ1v) is 8.57. The van der Waals surface area contributed by atoms with Gasteiger partial charge in [0.05, 0.1) is 6.10 Å². The van der Waals surface area contributed by atoms with E-state index >= 15 is 0 Å². The molecule has 0 aliphatic heterocycles. The molecule has 0 saturated carbocycles. The molecule has 0 bridgehead atoms. The maximum absolute atomic E-state index is 10.7. The fourth-order valence-electron chi connectivity index (χ4n) is 2.87. The van der Waals surface area contributed by atoms with Gasteiger partial charge in [-0.05, 0) is 37.4 Å².